The molecule has 2 nitrogen and oxygen atoms in total. The molecule has 0 saturated carbocycles. The number of allylic oxidation sites excluding steroid dienone is 3. The van der Waals surface area contributed by atoms with Gasteiger partial charge < -0.3 is 9.47 Å². The van der Waals surface area contributed by atoms with E-state index in [1.807, 2.05) is 24.3 Å². The van der Waals surface area contributed by atoms with E-state index in [1.165, 1.54) is 15.4 Å². The van der Waals surface area contributed by atoms with E-state index in [0.717, 1.165) is 11.5 Å². The highest BCUT2D eigenvalue weighted by atomic mass is 32.2. The van der Waals surface area contributed by atoms with Crippen LogP contribution in [0.25, 0.3) is 0 Å². The van der Waals surface area contributed by atoms with Crippen molar-refractivity contribution in [3.63, 3.8) is 0 Å². The maximum Gasteiger partial charge on any atom is 0.128 e. The van der Waals surface area contributed by atoms with Gasteiger partial charge in [-0.2, -0.15) is 0 Å². The van der Waals surface area contributed by atoms with E-state index in [2.05, 4.69) is 54.1 Å². The lowest BCUT2D eigenvalue weighted by Gasteiger charge is -2.19. The van der Waals surface area contributed by atoms with Crippen LogP contribution in [0.2, 0.25) is 0 Å². The molecule has 0 aliphatic carbocycles. The second-order valence-corrected chi connectivity index (χ2v) is 8.32. The summed E-state index contributed by atoms with van der Waals surface area (Å²) in [7, 11) is 2.06. The predicted octanol–water partition coefficient (Wildman–Crippen LogP) is 4.55. The van der Waals surface area contributed by atoms with Crippen molar-refractivity contribution in [1.29, 1.82) is 0 Å². The first-order valence-corrected chi connectivity index (χ1v) is 9.25. The topological polar surface area (TPSA) is 18.5 Å². The molecular formula is C20H21O2S+. The number of methoxy groups -OCH3 is 2. The van der Waals surface area contributed by atoms with Crippen LogP contribution in [-0.4, -0.2) is 19.6 Å². The summed E-state index contributed by atoms with van der Waals surface area (Å²) in [6.45, 7) is 2.12. The quantitative estimate of drug-likeness (QED) is 0.606. The van der Waals surface area contributed by atoms with Gasteiger partial charge in [-0.1, -0.05) is 0 Å². The van der Waals surface area contributed by atoms with Crippen LogP contribution in [0.15, 0.2) is 81.5 Å². The molecule has 1 aliphatic rings. The van der Waals surface area contributed by atoms with E-state index in [0.29, 0.717) is 0 Å². The van der Waals surface area contributed by atoms with Crippen molar-refractivity contribution in [2.75, 3.05) is 14.2 Å². The zero-order chi connectivity index (χ0) is 16.3. The Bertz CT molecular complexity index is 745. The van der Waals surface area contributed by atoms with Gasteiger partial charge in [0.2, 0.25) is 0 Å². The molecule has 118 valence electrons. The lowest BCUT2D eigenvalue weighted by molar-refractivity contribution is 0.414. The van der Waals surface area contributed by atoms with Crippen molar-refractivity contribution in [3.8, 4) is 11.5 Å². The highest BCUT2D eigenvalue weighted by Crippen LogP contribution is 2.35. The first kappa shape index (κ1) is 15.6. The van der Waals surface area contributed by atoms with Gasteiger partial charge in [0, 0.05) is 0 Å². The van der Waals surface area contributed by atoms with Crippen molar-refractivity contribution in [2.45, 2.75) is 16.7 Å². The molecule has 0 spiro atoms. The normalized spacial score (nSPS) is 15.5. The Morgan fingerprint density at radius 1 is 0.739 bits per heavy atom. The predicted molar refractivity (Wildman–Crippen MR) is 98.8 cm³/mol. The van der Waals surface area contributed by atoms with E-state index >= 15 is 0 Å². The average Bonchev–Trinajstić information content (AvgIpc) is 2.63. The van der Waals surface area contributed by atoms with Gasteiger partial charge in [-0.05, 0) is 82.8 Å². The summed E-state index contributed by atoms with van der Waals surface area (Å²) >= 11 is 0. The fourth-order valence-electron chi connectivity index (χ4n) is 2.58. The molecule has 3 rings (SSSR count). The second-order valence-electron chi connectivity index (χ2n) is 5.41. The van der Waals surface area contributed by atoms with Crippen molar-refractivity contribution in [3.05, 3.63) is 71.7 Å². The lowest BCUT2D eigenvalue weighted by atomic mass is 10.3. The van der Waals surface area contributed by atoms with Crippen LogP contribution in [0.3, 0.4) is 0 Å². The standard InChI is InChI=1S/C20H21O2S/c1-16-12-14-23(15-13-16,19-8-4-17(21-2)5-9-19)20-10-6-18(22-3)7-11-20/h4-15H,1-3H3/q+1. The van der Waals surface area contributed by atoms with Crippen LogP contribution in [0, 0.1) is 0 Å². The molecule has 2 aromatic rings. The molecular weight excluding hydrogens is 304 g/mol. The molecule has 0 amide bonds. The number of hydrogen-bond acceptors (Lipinski definition) is 2. The maximum atomic E-state index is 5.30. The Morgan fingerprint density at radius 2 is 1.22 bits per heavy atom. The summed E-state index contributed by atoms with van der Waals surface area (Å²) in [5, 5.41) is 4.68. The third-order valence-electron chi connectivity index (χ3n) is 3.99. The molecule has 0 radical (unpaired) electrons. The summed E-state index contributed by atoms with van der Waals surface area (Å²) < 4.78 is 10.6. The van der Waals surface area contributed by atoms with Gasteiger partial charge in [-0.25, -0.2) is 0 Å². The third-order valence-corrected chi connectivity index (χ3v) is 7.23. The summed E-state index contributed by atoms with van der Waals surface area (Å²) in [5.74, 6) is 1.76. The third kappa shape index (κ3) is 2.97. The van der Waals surface area contributed by atoms with E-state index in [9.17, 15) is 0 Å². The van der Waals surface area contributed by atoms with Crippen molar-refractivity contribution in [2.24, 2.45) is 0 Å². The Morgan fingerprint density at radius 3 is 1.57 bits per heavy atom. The van der Waals surface area contributed by atoms with Crippen molar-refractivity contribution < 1.29 is 9.47 Å². The number of ether oxygens (including phenoxy) is 2. The zero-order valence-electron chi connectivity index (χ0n) is 13.7. The fraction of sp³-hybridized carbons (Fsp3) is 0.150. The van der Waals surface area contributed by atoms with Gasteiger partial charge >= 0.3 is 0 Å². The smallest absolute Gasteiger partial charge is 0.128 e. The van der Waals surface area contributed by atoms with Crippen LogP contribution in [0.5, 0.6) is 11.5 Å². The molecule has 0 bridgehead atoms. The molecule has 23 heavy (non-hydrogen) atoms. The molecule has 0 fully saturated rings. The lowest BCUT2D eigenvalue weighted by Crippen LogP contribution is -2.14. The molecule has 0 atom stereocenters. The minimum absolute atomic E-state index is 0.879. The largest absolute Gasteiger partial charge is 0.497 e. The van der Waals surface area contributed by atoms with E-state index < -0.39 is 9.62 Å². The molecule has 3 heteroatoms. The van der Waals surface area contributed by atoms with E-state index in [-0.39, 0.29) is 0 Å². The SMILES string of the molecule is COc1ccc([S+]2(c3ccc(OC)cc3)=CC=C(C)C=C2)cc1. The molecule has 1 heterocycles. The van der Waals surface area contributed by atoms with Crippen molar-refractivity contribution in [1.82, 2.24) is 0 Å². The molecule has 0 unspecified atom stereocenters. The molecule has 0 aromatic heterocycles. The first-order chi connectivity index (χ1) is 11.2. The molecule has 0 N–H and O–H groups in total. The summed E-state index contributed by atoms with van der Waals surface area (Å²) in [6, 6.07) is 16.8. The second kappa shape index (κ2) is 6.47. The van der Waals surface area contributed by atoms with Crippen LogP contribution in [0.1, 0.15) is 6.92 Å². The van der Waals surface area contributed by atoms with E-state index in [1.54, 1.807) is 14.2 Å². The minimum Gasteiger partial charge on any atom is -0.497 e. The van der Waals surface area contributed by atoms with Gasteiger partial charge in [-0.15, -0.1) is 0 Å². The number of benzene rings is 2. The van der Waals surface area contributed by atoms with Crippen LogP contribution in [0.4, 0.5) is 0 Å². The Kier molecular flexibility index (Phi) is 4.39. The van der Waals surface area contributed by atoms with Crippen LogP contribution in [-0.2, 0) is 9.62 Å². The van der Waals surface area contributed by atoms with Gasteiger partial charge in [-0.3, -0.25) is 0 Å². The zero-order valence-corrected chi connectivity index (χ0v) is 14.5. The van der Waals surface area contributed by atoms with Crippen molar-refractivity contribution >= 4 is 15.0 Å². The van der Waals surface area contributed by atoms with Crippen LogP contribution < -0.4 is 9.47 Å². The number of rotatable bonds is 4. The molecule has 2 aromatic carbocycles. The monoisotopic (exact) mass is 325 g/mol. The summed E-state index contributed by atoms with van der Waals surface area (Å²) in [6.07, 6.45) is 4.42. The summed E-state index contributed by atoms with van der Waals surface area (Å²) in [4.78, 5) is 2.59. The molecule has 0 saturated heterocycles. The van der Waals surface area contributed by atoms with Gasteiger partial charge in [0.05, 0.1) is 25.0 Å². The Hall–Kier alpha value is -2.26. The van der Waals surface area contributed by atoms with Gasteiger partial charge in [0.25, 0.3) is 0 Å². The Labute approximate surface area is 139 Å². The highest BCUT2D eigenvalue weighted by Gasteiger charge is 2.27. The summed E-state index contributed by atoms with van der Waals surface area (Å²) in [5.41, 5.74) is 1.27. The highest BCUT2D eigenvalue weighted by molar-refractivity contribution is 8.15. The van der Waals surface area contributed by atoms with Gasteiger partial charge in [0.15, 0.2) is 0 Å². The first-order valence-electron chi connectivity index (χ1n) is 7.49. The Balaban J connectivity index is 2.16. The van der Waals surface area contributed by atoms with Crippen LogP contribution >= 0.6 is 0 Å². The maximum absolute atomic E-state index is 5.30. The number of hydrogen-bond donors (Lipinski definition) is 0. The fourth-order valence-corrected chi connectivity index (χ4v) is 5.61. The minimum atomic E-state index is -1.33. The van der Waals surface area contributed by atoms with E-state index in [4.69, 9.17) is 9.47 Å². The average molecular weight is 325 g/mol. The molecule has 1 aliphatic heterocycles. The van der Waals surface area contributed by atoms with Gasteiger partial charge in [0.1, 0.15) is 21.3 Å².